The van der Waals surface area contributed by atoms with Crippen LogP contribution in [0.25, 0.3) is 0 Å². The van der Waals surface area contributed by atoms with Gasteiger partial charge in [-0.1, -0.05) is 6.92 Å². The van der Waals surface area contributed by atoms with Crippen molar-refractivity contribution in [3.63, 3.8) is 0 Å². The molecule has 1 amide bonds. The molecule has 0 aliphatic heterocycles. The third-order valence-electron chi connectivity index (χ3n) is 2.31. The molecule has 0 bridgehead atoms. The first kappa shape index (κ1) is 15.9. The molecule has 0 unspecified atom stereocenters. The Morgan fingerprint density at radius 2 is 1.95 bits per heavy atom. The maximum absolute atomic E-state index is 12.0. The lowest BCUT2D eigenvalue weighted by molar-refractivity contribution is -0.0498. The molecule has 110 valence electrons. The summed E-state index contributed by atoms with van der Waals surface area (Å²) in [6, 6.07) is 6.01. The minimum absolute atomic E-state index is 0.0672. The summed E-state index contributed by atoms with van der Waals surface area (Å²) < 4.78 is 33.0. The first-order valence-electron chi connectivity index (χ1n) is 6.11. The molecule has 0 saturated carbocycles. The SMILES string of the molecule is CCOC(=O)NN=C(CC)c1ccc(OC(F)F)cc1. The number of hydrogen-bond acceptors (Lipinski definition) is 4. The Kier molecular flexibility index (Phi) is 6.42. The fourth-order valence-electron chi connectivity index (χ4n) is 1.45. The second-order valence-corrected chi connectivity index (χ2v) is 3.65. The van der Waals surface area contributed by atoms with Gasteiger partial charge in [0.1, 0.15) is 5.75 Å². The number of hydrogen-bond donors (Lipinski definition) is 1. The molecule has 0 aromatic heterocycles. The van der Waals surface area contributed by atoms with Crippen LogP contribution in [0.2, 0.25) is 0 Å². The van der Waals surface area contributed by atoms with E-state index in [1.807, 2.05) is 6.92 Å². The van der Waals surface area contributed by atoms with Crippen LogP contribution in [0, 0.1) is 0 Å². The van der Waals surface area contributed by atoms with Crippen LogP contribution in [-0.4, -0.2) is 25.0 Å². The number of rotatable bonds is 6. The van der Waals surface area contributed by atoms with Gasteiger partial charge in [-0.3, -0.25) is 0 Å². The van der Waals surface area contributed by atoms with Crippen molar-refractivity contribution in [2.75, 3.05) is 6.61 Å². The van der Waals surface area contributed by atoms with E-state index in [1.165, 1.54) is 12.1 Å². The molecule has 0 spiro atoms. The molecule has 1 aromatic rings. The zero-order chi connectivity index (χ0) is 15.0. The molecular formula is C13H16F2N2O3. The minimum Gasteiger partial charge on any atom is -0.449 e. The Morgan fingerprint density at radius 1 is 1.30 bits per heavy atom. The van der Waals surface area contributed by atoms with Gasteiger partial charge in [0.05, 0.1) is 12.3 Å². The molecule has 0 saturated heterocycles. The summed E-state index contributed by atoms with van der Waals surface area (Å²) in [5.74, 6) is 0.0672. The fraction of sp³-hybridized carbons (Fsp3) is 0.385. The summed E-state index contributed by atoms with van der Waals surface area (Å²) in [6.45, 7) is 0.939. The van der Waals surface area contributed by atoms with Gasteiger partial charge in [-0.05, 0) is 43.2 Å². The van der Waals surface area contributed by atoms with Gasteiger partial charge in [-0.25, -0.2) is 10.2 Å². The Balaban J connectivity index is 2.74. The van der Waals surface area contributed by atoms with Crippen LogP contribution in [0.15, 0.2) is 29.4 Å². The predicted molar refractivity (Wildman–Crippen MR) is 70.1 cm³/mol. The highest BCUT2D eigenvalue weighted by molar-refractivity contribution is 6.00. The fourth-order valence-corrected chi connectivity index (χ4v) is 1.45. The molecule has 20 heavy (non-hydrogen) atoms. The van der Waals surface area contributed by atoms with Crippen LogP contribution in [0.5, 0.6) is 5.75 Å². The number of nitrogens with zero attached hydrogens (tertiary/aromatic N) is 1. The lowest BCUT2D eigenvalue weighted by Crippen LogP contribution is -2.20. The van der Waals surface area contributed by atoms with E-state index in [2.05, 4.69) is 20.0 Å². The van der Waals surface area contributed by atoms with Gasteiger partial charge in [0.25, 0.3) is 0 Å². The number of nitrogens with one attached hydrogen (secondary N) is 1. The number of amides is 1. The number of alkyl halides is 2. The highest BCUT2D eigenvalue weighted by Gasteiger charge is 2.07. The average Bonchev–Trinajstić information content (AvgIpc) is 2.41. The van der Waals surface area contributed by atoms with E-state index in [-0.39, 0.29) is 12.4 Å². The molecule has 0 aliphatic rings. The lowest BCUT2D eigenvalue weighted by Gasteiger charge is -2.07. The van der Waals surface area contributed by atoms with Crippen molar-refractivity contribution < 1.29 is 23.0 Å². The van der Waals surface area contributed by atoms with Gasteiger partial charge in [0.15, 0.2) is 0 Å². The van der Waals surface area contributed by atoms with E-state index in [9.17, 15) is 13.6 Å². The van der Waals surface area contributed by atoms with Crippen molar-refractivity contribution in [2.45, 2.75) is 26.9 Å². The largest absolute Gasteiger partial charge is 0.449 e. The molecule has 0 heterocycles. The van der Waals surface area contributed by atoms with Gasteiger partial charge >= 0.3 is 12.7 Å². The highest BCUT2D eigenvalue weighted by atomic mass is 19.3. The number of halogens is 2. The summed E-state index contributed by atoms with van der Waals surface area (Å²) in [5, 5.41) is 3.92. The Hall–Kier alpha value is -2.18. The van der Waals surface area contributed by atoms with E-state index in [0.717, 1.165) is 0 Å². The molecular weight excluding hydrogens is 270 g/mol. The van der Waals surface area contributed by atoms with Gasteiger partial charge in [-0.15, -0.1) is 0 Å². The van der Waals surface area contributed by atoms with E-state index < -0.39 is 12.7 Å². The van der Waals surface area contributed by atoms with Gasteiger partial charge in [0, 0.05) is 0 Å². The van der Waals surface area contributed by atoms with Crippen LogP contribution in [0.1, 0.15) is 25.8 Å². The topological polar surface area (TPSA) is 59.9 Å². The van der Waals surface area contributed by atoms with Crippen LogP contribution < -0.4 is 10.2 Å². The zero-order valence-electron chi connectivity index (χ0n) is 11.2. The average molecular weight is 286 g/mol. The highest BCUT2D eigenvalue weighted by Crippen LogP contribution is 2.16. The number of ether oxygens (including phenoxy) is 2. The third-order valence-corrected chi connectivity index (χ3v) is 2.31. The molecule has 0 atom stereocenters. The summed E-state index contributed by atoms with van der Waals surface area (Å²) in [6.07, 6.45) is -0.0855. The van der Waals surface area contributed by atoms with Crippen LogP contribution in [-0.2, 0) is 4.74 Å². The molecule has 0 fully saturated rings. The predicted octanol–water partition coefficient (Wildman–Crippen LogP) is 3.15. The van der Waals surface area contributed by atoms with Crippen molar-refractivity contribution in [3.05, 3.63) is 29.8 Å². The summed E-state index contributed by atoms with van der Waals surface area (Å²) in [5.41, 5.74) is 3.55. The second-order valence-electron chi connectivity index (χ2n) is 3.65. The number of hydrazone groups is 1. The van der Waals surface area contributed by atoms with Crippen molar-refractivity contribution in [1.82, 2.24) is 5.43 Å². The Labute approximate surface area is 115 Å². The van der Waals surface area contributed by atoms with Crippen molar-refractivity contribution in [2.24, 2.45) is 5.10 Å². The smallest absolute Gasteiger partial charge is 0.427 e. The van der Waals surface area contributed by atoms with Crippen LogP contribution in [0.4, 0.5) is 13.6 Å². The summed E-state index contributed by atoms with van der Waals surface area (Å²) in [4.78, 5) is 11.1. The summed E-state index contributed by atoms with van der Waals surface area (Å²) >= 11 is 0. The second kappa shape index (κ2) is 8.08. The quantitative estimate of drug-likeness (QED) is 0.645. The molecule has 7 heteroatoms. The maximum atomic E-state index is 12.0. The van der Waals surface area contributed by atoms with Crippen molar-refractivity contribution in [3.8, 4) is 5.75 Å². The maximum Gasteiger partial charge on any atom is 0.427 e. The molecule has 1 aromatic carbocycles. The van der Waals surface area contributed by atoms with Crippen molar-refractivity contribution in [1.29, 1.82) is 0 Å². The van der Waals surface area contributed by atoms with E-state index in [0.29, 0.717) is 17.7 Å². The Bertz CT molecular complexity index is 461. The molecule has 0 aliphatic carbocycles. The molecule has 0 radical (unpaired) electrons. The van der Waals surface area contributed by atoms with Gasteiger partial charge in [0.2, 0.25) is 0 Å². The van der Waals surface area contributed by atoms with E-state index in [4.69, 9.17) is 0 Å². The molecule has 5 nitrogen and oxygen atoms in total. The molecule has 1 N–H and O–H groups in total. The third kappa shape index (κ3) is 5.21. The molecule has 1 rings (SSSR count). The number of carbonyl (C=O) groups is 1. The van der Waals surface area contributed by atoms with E-state index >= 15 is 0 Å². The Morgan fingerprint density at radius 3 is 2.45 bits per heavy atom. The van der Waals surface area contributed by atoms with Gasteiger partial charge < -0.3 is 9.47 Å². The van der Waals surface area contributed by atoms with Gasteiger partial charge in [-0.2, -0.15) is 13.9 Å². The van der Waals surface area contributed by atoms with Crippen LogP contribution >= 0.6 is 0 Å². The lowest BCUT2D eigenvalue weighted by atomic mass is 10.1. The summed E-state index contributed by atoms with van der Waals surface area (Å²) in [7, 11) is 0. The number of carbonyl (C=O) groups excluding carboxylic acids is 1. The number of benzene rings is 1. The normalized spacial score (nSPS) is 11.3. The standard InChI is InChI=1S/C13H16F2N2O3/c1-3-11(16-17-13(18)19-4-2)9-5-7-10(8-6-9)20-12(14)15/h5-8,12H,3-4H2,1-2H3,(H,17,18). The van der Waals surface area contributed by atoms with E-state index in [1.54, 1.807) is 19.1 Å². The minimum atomic E-state index is -2.86. The monoisotopic (exact) mass is 286 g/mol. The first-order chi connectivity index (χ1) is 9.56. The zero-order valence-corrected chi connectivity index (χ0v) is 11.2. The van der Waals surface area contributed by atoms with Crippen molar-refractivity contribution >= 4 is 11.8 Å². The first-order valence-corrected chi connectivity index (χ1v) is 6.11. The van der Waals surface area contributed by atoms with Crippen LogP contribution in [0.3, 0.4) is 0 Å².